The highest BCUT2D eigenvalue weighted by Crippen LogP contribution is 2.13. The molecule has 2 N–H and O–H groups in total. The van der Waals surface area contributed by atoms with Crippen LogP contribution in [0.4, 0.5) is 4.39 Å². The predicted molar refractivity (Wildman–Crippen MR) is 99.9 cm³/mol. The van der Waals surface area contributed by atoms with Crippen molar-refractivity contribution in [2.24, 2.45) is 4.99 Å². The number of nitrogens with zero attached hydrogens (tertiary/aromatic N) is 2. The van der Waals surface area contributed by atoms with E-state index >= 15 is 0 Å². The SMILES string of the molecule is CN=C(NCCCCOc1ccc(F)cc1)NCc1cc(C(C)C)no1. The monoisotopic (exact) mass is 362 g/mol. The van der Waals surface area contributed by atoms with Crippen LogP contribution in [-0.4, -0.2) is 31.3 Å². The fourth-order valence-electron chi connectivity index (χ4n) is 2.23. The second-order valence-corrected chi connectivity index (χ2v) is 6.23. The van der Waals surface area contributed by atoms with E-state index in [-0.39, 0.29) is 5.82 Å². The van der Waals surface area contributed by atoms with Crippen molar-refractivity contribution in [3.63, 3.8) is 0 Å². The lowest BCUT2D eigenvalue weighted by atomic mass is 10.1. The molecule has 0 amide bonds. The standard InChI is InChI=1S/C19H27FN4O2/c1-14(2)18-12-17(26-24-18)13-23-19(21-3)22-10-4-5-11-25-16-8-6-15(20)7-9-16/h6-9,12,14H,4-5,10-11,13H2,1-3H3,(H2,21,22,23). The number of halogens is 1. The van der Waals surface area contributed by atoms with E-state index in [9.17, 15) is 4.39 Å². The van der Waals surface area contributed by atoms with E-state index in [1.54, 1.807) is 19.2 Å². The van der Waals surface area contributed by atoms with Gasteiger partial charge in [-0.25, -0.2) is 4.39 Å². The molecule has 0 spiro atoms. The normalized spacial score (nSPS) is 11.7. The van der Waals surface area contributed by atoms with Gasteiger partial charge in [0.1, 0.15) is 11.6 Å². The molecule has 0 saturated carbocycles. The Morgan fingerprint density at radius 1 is 1.23 bits per heavy atom. The lowest BCUT2D eigenvalue weighted by Crippen LogP contribution is -2.37. The zero-order valence-corrected chi connectivity index (χ0v) is 15.6. The average molecular weight is 362 g/mol. The van der Waals surface area contributed by atoms with Crippen LogP contribution < -0.4 is 15.4 Å². The zero-order chi connectivity index (χ0) is 18.8. The van der Waals surface area contributed by atoms with Gasteiger partial charge in [-0.3, -0.25) is 4.99 Å². The molecule has 2 rings (SSSR count). The van der Waals surface area contributed by atoms with E-state index in [0.29, 0.717) is 30.8 Å². The number of ether oxygens (including phenoxy) is 1. The number of aromatic nitrogens is 1. The van der Waals surface area contributed by atoms with Crippen LogP contribution in [0.3, 0.4) is 0 Å². The molecule has 0 fully saturated rings. The summed E-state index contributed by atoms with van der Waals surface area (Å²) < 4.78 is 23.7. The van der Waals surface area contributed by atoms with Crippen molar-refractivity contribution in [3.8, 4) is 5.75 Å². The van der Waals surface area contributed by atoms with E-state index in [4.69, 9.17) is 9.26 Å². The highest BCUT2D eigenvalue weighted by atomic mass is 19.1. The van der Waals surface area contributed by atoms with Crippen LogP contribution in [0.1, 0.15) is 44.1 Å². The Hall–Kier alpha value is -2.57. The summed E-state index contributed by atoms with van der Waals surface area (Å²) in [5, 5.41) is 10.5. The molecule has 0 aliphatic rings. The smallest absolute Gasteiger partial charge is 0.191 e. The molecule has 1 heterocycles. The summed E-state index contributed by atoms with van der Waals surface area (Å²) in [6.45, 7) is 6.06. The lowest BCUT2D eigenvalue weighted by Gasteiger charge is -2.11. The van der Waals surface area contributed by atoms with E-state index in [0.717, 1.165) is 30.8 Å². The summed E-state index contributed by atoms with van der Waals surface area (Å²) in [4.78, 5) is 4.18. The summed E-state index contributed by atoms with van der Waals surface area (Å²) in [7, 11) is 1.73. The van der Waals surface area contributed by atoms with Crippen molar-refractivity contribution in [2.45, 2.75) is 39.2 Å². The van der Waals surface area contributed by atoms with Crippen LogP contribution in [-0.2, 0) is 6.54 Å². The molecular weight excluding hydrogens is 335 g/mol. The Labute approximate surface area is 153 Å². The summed E-state index contributed by atoms with van der Waals surface area (Å²) in [5.74, 6) is 2.27. The number of benzene rings is 1. The number of rotatable bonds is 9. The summed E-state index contributed by atoms with van der Waals surface area (Å²) >= 11 is 0. The molecule has 2 aromatic rings. The topological polar surface area (TPSA) is 71.7 Å². The third-order valence-corrected chi connectivity index (χ3v) is 3.77. The minimum absolute atomic E-state index is 0.258. The first-order valence-electron chi connectivity index (χ1n) is 8.87. The van der Waals surface area contributed by atoms with E-state index < -0.39 is 0 Å². The van der Waals surface area contributed by atoms with E-state index in [1.807, 2.05) is 6.07 Å². The van der Waals surface area contributed by atoms with Crippen molar-refractivity contribution in [2.75, 3.05) is 20.2 Å². The Balaban J connectivity index is 1.58. The number of aliphatic imine (C=N–C) groups is 1. The first kappa shape index (κ1) is 19.8. The van der Waals surface area contributed by atoms with Crippen molar-refractivity contribution < 1.29 is 13.7 Å². The van der Waals surface area contributed by atoms with Crippen molar-refractivity contribution in [3.05, 3.63) is 47.6 Å². The number of nitrogens with one attached hydrogen (secondary N) is 2. The van der Waals surface area contributed by atoms with Gasteiger partial charge in [0.15, 0.2) is 11.7 Å². The molecule has 142 valence electrons. The van der Waals surface area contributed by atoms with Gasteiger partial charge in [0, 0.05) is 19.7 Å². The van der Waals surface area contributed by atoms with Crippen LogP contribution in [0.2, 0.25) is 0 Å². The van der Waals surface area contributed by atoms with Crippen LogP contribution in [0.15, 0.2) is 39.8 Å². The van der Waals surface area contributed by atoms with Gasteiger partial charge in [0.25, 0.3) is 0 Å². The predicted octanol–water partition coefficient (Wildman–Crippen LogP) is 3.46. The second kappa shape index (κ2) is 10.4. The fourth-order valence-corrected chi connectivity index (χ4v) is 2.23. The molecular formula is C19H27FN4O2. The highest BCUT2D eigenvalue weighted by molar-refractivity contribution is 5.79. The molecule has 0 aliphatic carbocycles. The molecule has 6 nitrogen and oxygen atoms in total. The quantitative estimate of drug-likeness (QED) is 0.406. The molecule has 26 heavy (non-hydrogen) atoms. The molecule has 0 saturated heterocycles. The number of hydrogen-bond donors (Lipinski definition) is 2. The first-order chi connectivity index (χ1) is 12.6. The molecule has 0 unspecified atom stereocenters. The third-order valence-electron chi connectivity index (χ3n) is 3.77. The van der Waals surface area contributed by atoms with Crippen molar-refractivity contribution >= 4 is 5.96 Å². The maximum absolute atomic E-state index is 12.8. The Bertz CT molecular complexity index is 683. The molecule has 1 aromatic heterocycles. The Morgan fingerprint density at radius 3 is 2.65 bits per heavy atom. The largest absolute Gasteiger partial charge is 0.494 e. The van der Waals surface area contributed by atoms with Gasteiger partial charge in [-0.1, -0.05) is 19.0 Å². The van der Waals surface area contributed by atoms with Crippen molar-refractivity contribution in [1.82, 2.24) is 15.8 Å². The van der Waals surface area contributed by atoms with Crippen LogP contribution in [0, 0.1) is 5.82 Å². The van der Waals surface area contributed by atoms with Crippen LogP contribution in [0.5, 0.6) is 5.75 Å². The number of unbranched alkanes of at least 4 members (excludes halogenated alkanes) is 1. The van der Waals surface area contributed by atoms with Gasteiger partial charge in [0.2, 0.25) is 0 Å². The lowest BCUT2D eigenvalue weighted by molar-refractivity contribution is 0.306. The van der Waals surface area contributed by atoms with Gasteiger partial charge < -0.3 is 19.9 Å². The maximum Gasteiger partial charge on any atom is 0.191 e. The molecule has 7 heteroatoms. The second-order valence-electron chi connectivity index (χ2n) is 6.23. The van der Waals surface area contributed by atoms with E-state index in [1.165, 1.54) is 12.1 Å². The molecule has 0 atom stereocenters. The number of guanidine groups is 1. The highest BCUT2D eigenvalue weighted by Gasteiger charge is 2.08. The van der Waals surface area contributed by atoms with Crippen molar-refractivity contribution in [1.29, 1.82) is 0 Å². The minimum atomic E-state index is -0.258. The Morgan fingerprint density at radius 2 is 2.00 bits per heavy atom. The van der Waals surface area contributed by atoms with Gasteiger partial charge in [-0.05, 0) is 43.0 Å². The third kappa shape index (κ3) is 6.74. The maximum atomic E-state index is 12.8. The van der Waals surface area contributed by atoms with Crippen LogP contribution in [0.25, 0.3) is 0 Å². The zero-order valence-electron chi connectivity index (χ0n) is 15.6. The molecule has 0 aliphatic heterocycles. The van der Waals surface area contributed by atoms with Gasteiger partial charge in [0.05, 0.1) is 18.8 Å². The molecule has 1 aromatic carbocycles. The van der Waals surface area contributed by atoms with Gasteiger partial charge in [-0.15, -0.1) is 0 Å². The summed E-state index contributed by atoms with van der Waals surface area (Å²) in [5.41, 5.74) is 0.950. The Kier molecular flexibility index (Phi) is 7.92. The fraction of sp³-hybridized carbons (Fsp3) is 0.474. The summed E-state index contributed by atoms with van der Waals surface area (Å²) in [6, 6.07) is 8.01. The van der Waals surface area contributed by atoms with Gasteiger partial charge >= 0.3 is 0 Å². The molecule has 0 radical (unpaired) electrons. The van der Waals surface area contributed by atoms with E-state index in [2.05, 4.69) is 34.6 Å². The first-order valence-corrected chi connectivity index (χ1v) is 8.87. The van der Waals surface area contributed by atoms with Gasteiger partial charge in [-0.2, -0.15) is 0 Å². The minimum Gasteiger partial charge on any atom is -0.494 e. The molecule has 0 bridgehead atoms. The summed E-state index contributed by atoms with van der Waals surface area (Å²) in [6.07, 6.45) is 1.82. The number of hydrogen-bond acceptors (Lipinski definition) is 4. The average Bonchev–Trinajstić information content (AvgIpc) is 3.11. The van der Waals surface area contributed by atoms with Crippen LogP contribution >= 0.6 is 0 Å².